The Morgan fingerprint density at radius 3 is 3.07 bits per heavy atom. The van der Waals surface area contributed by atoms with Gasteiger partial charge in [0.15, 0.2) is 0 Å². The van der Waals surface area contributed by atoms with E-state index in [0.29, 0.717) is 5.69 Å². The SMILES string of the molecule is N#Cc1cc(Cc2cccs2)ncn1. The number of thiophene rings is 1. The van der Waals surface area contributed by atoms with E-state index in [9.17, 15) is 0 Å². The van der Waals surface area contributed by atoms with Gasteiger partial charge in [-0.3, -0.25) is 0 Å². The summed E-state index contributed by atoms with van der Waals surface area (Å²) in [4.78, 5) is 9.17. The Morgan fingerprint density at radius 2 is 2.36 bits per heavy atom. The molecule has 2 aromatic rings. The molecule has 0 aliphatic rings. The van der Waals surface area contributed by atoms with E-state index >= 15 is 0 Å². The molecular formula is C10H7N3S. The monoisotopic (exact) mass is 201 g/mol. The summed E-state index contributed by atoms with van der Waals surface area (Å²) in [6, 6.07) is 7.78. The predicted molar refractivity (Wildman–Crippen MR) is 53.9 cm³/mol. The van der Waals surface area contributed by atoms with Gasteiger partial charge in [-0.2, -0.15) is 5.26 Å². The average Bonchev–Trinajstić information content (AvgIpc) is 2.71. The van der Waals surface area contributed by atoms with Crippen molar-refractivity contribution < 1.29 is 0 Å². The van der Waals surface area contributed by atoms with Gasteiger partial charge in [-0.25, -0.2) is 9.97 Å². The molecule has 0 aliphatic carbocycles. The number of rotatable bonds is 2. The van der Waals surface area contributed by atoms with Gasteiger partial charge in [-0.15, -0.1) is 11.3 Å². The molecule has 2 heterocycles. The summed E-state index contributed by atoms with van der Waals surface area (Å²) >= 11 is 1.69. The minimum Gasteiger partial charge on any atom is -0.241 e. The molecule has 3 nitrogen and oxygen atoms in total. The van der Waals surface area contributed by atoms with Crippen LogP contribution >= 0.6 is 11.3 Å². The third kappa shape index (κ3) is 1.95. The van der Waals surface area contributed by atoms with E-state index in [2.05, 4.69) is 16.0 Å². The van der Waals surface area contributed by atoms with Crippen LogP contribution in [0.1, 0.15) is 16.3 Å². The molecule has 0 N–H and O–H groups in total. The molecule has 2 rings (SSSR count). The molecular weight excluding hydrogens is 194 g/mol. The predicted octanol–water partition coefficient (Wildman–Crippen LogP) is 2.00. The maximum atomic E-state index is 8.65. The standard InChI is InChI=1S/C10H7N3S/c11-6-9-4-8(12-7-13-9)5-10-2-1-3-14-10/h1-4,7H,5H2. The third-order valence-electron chi connectivity index (χ3n) is 1.77. The molecule has 0 amide bonds. The van der Waals surface area contributed by atoms with Gasteiger partial charge in [0, 0.05) is 11.3 Å². The lowest BCUT2D eigenvalue weighted by Gasteiger charge is -1.96. The Kier molecular flexibility index (Phi) is 2.52. The summed E-state index contributed by atoms with van der Waals surface area (Å²) in [6.45, 7) is 0. The third-order valence-corrected chi connectivity index (χ3v) is 2.65. The van der Waals surface area contributed by atoms with E-state index in [4.69, 9.17) is 5.26 Å². The molecule has 0 spiro atoms. The number of nitriles is 1. The first-order valence-electron chi connectivity index (χ1n) is 4.12. The van der Waals surface area contributed by atoms with E-state index in [-0.39, 0.29) is 0 Å². The summed E-state index contributed by atoms with van der Waals surface area (Å²) in [5, 5.41) is 10.7. The van der Waals surface area contributed by atoms with Crippen molar-refractivity contribution in [2.45, 2.75) is 6.42 Å². The van der Waals surface area contributed by atoms with Crippen molar-refractivity contribution in [2.75, 3.05) is 0 Å². The van der Waals surface area contributed by atoms with E-state index in [0.717, 1.165) is 12.1 Å². The smallest absolute Gasteiger partial charge is 0.144 e. The molecule has 0 radical (unpaired) electrons. The first-order valence-corrected chi connectivity index (χ1v) is 5.00. The number of nitrogens with zero attached hydrogens (tertiary/aromatic N) is 3. The zero-order valence-electron chi connectivity index (χ0n) is 7.34. The van der Waals surface area contributed by atoms with Gasteiger partial charge in [0.25, 0.3) is 0 Å². The molecule has 0 unspecified atom stereocenters. The fourth-order valence-electron chi connectivity index (χ4n) is 1.15. The van der Waals surface area contributed by atoms with Gasteiger partial charge in [-0.05, 0) is 17.5 Å². The van der Waals surface area contributed by atoms with Crippen molar-refractivity contribution in [2.24, 2.45) is 0 Å². The minimum atomic E-state index is 0.423. The van der Waals surface area contributed by atoms with Gasteiger partial charge in [-0.1, -0.05) is 6.07 Å². The topological polar surface area (TPSA) is 49.6 Å². The van der Waals surface area contributed by atoms with E-state index < -0.39 is 0 Å². The first kappa shape index (κ1) is 8.85. The highest BCUT2D eigenvalue weighted by Crippen LogP contribution is 2.13. The highest BCUT2D eigenvalue weighted by Gasteiger charge is 2.00. The summed E-state index contributed by atoms with van der Waals surface area (Å²) in [5.41, 5.74) is 1.31. The van der Waals surface area contributed by atoms with Gasteiger partial charge in [0.05, 0.1) is 5.69 Å². The largest absolute Gasteiger partial charge is 0.241 e. The molecule has 2 aromatic heterocycles. The highest BCUT2D eigenvalue weighted by molar-refractivity contribution is 7.09. The maximum Gasteiger partial charge on any atom is 0.144 e. The summed E-state index contributed by atoms with van der Waals surface area (Å²) in [7, 11) is 0. The molecule has 0 saturated heterocycles. The number of hydrogen-bond donors (Lipinski definition) is 0. The van der Waals surface area contributed by atoms with Crippen LogP contribution in [0.15, 0.2) is 29.9 Å². The Balaban J connectivity index is 2.22. The Labute approximate surface area is 85.7 Å². The van der Waals surface area contributed by atoms with Crippen molar-refractivity contribution in [3.63, 3.8) is 0 Å². The van der Waals surface area contributed by atoms with Crippen molar-refractivity contribution >= 4 is 11.3 Å². The second-order valence-electron chi connectivity index (χ2n) is 2.76. The van der Waals surface area contributed by atoms with Crippen LogP contribution in [0.4, 0.5) is 0 Å². The molecule has 4 heteroatoms. The summed E-state index contributed by atoms with van der Waals surface area (Å²) in [5.74, 6) is 0. The Hall–Kier alpha value is -1.73. The average molecular weight is 201 g/mol. The number of aromatic nitrogens is 2. The second kappa shape index (κ2) is 3.99. The van der Waals surface area contributed by atoms with Crippen molar-refractivity contribution in [1.82, 2.24) is 9.97 Å². The molecule has 0 aromatic carbocycles. The molecule has 14 heavy (non-hydrogen) atoms. The summed E-state index contributed by atoms with van der Waals surface area (Å²) < 4.78 is 0. The molecule has 0 bridgehead atoms. The summed E-state index contributed by atoms with van der Waals surface area (Å²) in [6.07, 6.45) is 2.20. The lowest BCUT2D eigenvalue weighted by Crippen LogP contribution is -1.93. The van der Waals surface area contributed by atoms with Crippen molar-refractivity contribution in [3.8, 4) is 6.07 Å². The molecule has 68 valence electrons. The van der Waals surface area contributed by atoms with Crippen molar-refractivity contribution in [3.05, 3.63) is 46.2 Å². The van der Waals surface area contributed by atoms with Crippen LogP contribution < -0.4 is 0 Å². The highest BCUT2D eigenvalue weighted by atomic mass is 32.1. The lowest BCUT2D eigenvalue weighted by atomic mass is 10.2. The van der Waals surface area contributed by atoms with Gasteiger partial charge < -0.3 is 0 Å². The number of hydrogen-bond acceptors (Lipinski definition) is 4. The normalized spacial score (nSPS) is 9.64. The van der Waals surface area contributed by atoms with Crippen LogP contribution in [0.2, 0.25) is 0 Å². The van der Waals surface area contributed by atoms with E-state index in [1.54, 1.807) is 17.4 Å². The van der Waals surface area contributed by atoms with Crippen LogP contribution in [0.25, 0.3) is 0 Å². The first-order chi connectivity index (χ1) is 6.88. The second-order valence-corrected chi connectivity index (χ2v) is 3.79. The molecule has 0 atom stereocenters. The van der Waals surface area contributed by atoms with E-state index in [1.165, 1.54) is 11.2 Å². The van der Waals surface area contributed by atoms with Gasteiger partial charge in [0.2, 0.25) is 0 Å². The zero-order valence-corrected chi connectivity index (χ0v) is 8.16. The lowest BCUT2D eigenvalue weighted by molar-refractivity contribution is 1.03. The van der Waals surface area contributed by atoms with Gasteiger partial charge >= 0.3 is 0 Å². The Morgan fingerprint density at radius 1 is 1.43 bits per heavy atom. The zero-order chi connectivity index (χ0) is 9.80. The quantitative estimate of drug-likeness (QED) is 0.746. The van der Waals surface area contributed by atoms with Crippen LogP contribution in [-0.4, -0.2) is 9.97 Å². The van der Waals surface area contributed by atoms with Crippen molar-refractivity contribution in [1.29, 1.82) is 5.26 Å². The van der Waals surface area contributed by atoms with Crippen LogP contribution in [0, 0.1) is 11.3 Å². The van der Waals surface area contributed by atoms with E-state index in [1.807, 2.05) is 17.5 Å². The minimum absolute atomic E-state index is 0.423. The van der Waals surface area contributed by atoms with Gasteiger partial charge in [0.1, 0.15) is 18.1 Å². The maximum absolute atomic E-state index is 8.65. The fourth-order valence-corrected chi connectivity index (χ4v) is 1.87. The molecule has 0 aliphatic heterocycles. The Bertz CT molecular complexity index is 456. The van der Waals surface area contributed by atoms with Crippen LogP contribution in [-0.2, 0) is 6.42 Å². The van der Waals surface area contributed by atoms with Crippen LogP contribution in [0.3, 0.4) is 0 Å². The molecule has 0 fully saturated rings. The molecule has 0 saturated carbocycles. The fraction of sp³-hybridized carbons (Fsp3) is 0.100. The van der Waals surface area contributed by atoms with Crippen LogP contribution in [0.5, 0.6) is 0 Å².